The first-order valence-electron chi connectivity index (χ1n) is 11.5. The van der Waals surface area contributed by atoms with Crippen molar-refractivity contribution in [3.8, 4) is 5.75 Å². The Kier molecular flexibility index (Phi) is 6.48. The van der Waals surface area contributed by atoms with Gasteiger partial charge in [0.2, 0.25) is 0 Å². The monoisotopic (exact) mass is 470 g/mol. The molecule has 6 heteroatoms. The number of aliphatic hydroxyl groups is 1. The highest BCUT2D eigenvalue weighted by Crippen LogP contribution is 2.42. The van der Waals surface area contributed by atoms with Gasteiger partial charge in [-0.05, 0) is 59.4 Å². The van der Waals surface area contributed by atoms with Crippen molar-refractivity contribution in [2.75, 3.05) is 7.11 Å². The molecule has 1 aromatic heterocycles. The molecule has 2 heterocycles. The van der Waals surface area contributed by atoms with Crippen LogP contribution in [0.4, 0.5) is 0 Å². The van der Waals surface area contributed by atoms with E-state index in [0.29, 0.717) is 11.3 Å². The van der Waals surface area contributed by atoms with E-state index in [2.05, 4.69) is 25.8 Å². The lowest BCUT2D eigenvalue weighted by Gasteiger charge is -2.27. The van der Waals surface area contributed by atoms with E-state index < -0.39 is 17.7 Å². The van der Waals surface area contributed by atoms with Crippen LogP contribution in [0.5, 0.6) is 5.75 Å². The van der Waals surface area contributed by atoms with E-state index in [1.165, 1.54) is 4.90 Å². The molecule has 1 N–H and O–H groups in total. The molecule has 1 unspecified atom stereocenters. The summed E-state index contributed by atoms with van der Waals surface area (Å²) >= 11 is 0. The van der Waals surface area contributed by atoms with Crippen LogP contribution >= 0.6 is 0 Å². The molecule has 6 nitrogen and oxygen atoms in total. The van der Waals surface area contributed by atoms with Crippen LogP contribution in [0.1, 0.15) is 54.6 Å². The van der Waals surface area contributed by atoms with Crippen LogP contribution in [-0.4, -0.2) is 33.8 Å². The molecule has 0 bridgehead atoms. The predicted molar refractivity (Wildman–Crippen MR) is 135 cm³/mol. The van der Waals surface area contributed by atoms with Crippen LogP contribution in [0.2, 0.25) is 0 Å². The van der Waals surface area contributed by atoms with Gasteiger partial charge in [0.25, 0.3) is 11.7 Å². The third-order valence-corrected chi connectivity index (χ3v) is 6.41. The van der Waals surface area contributed by atoms with Gasteiger partial charge < -0.3 is 14.7 Å². The zero-order valence-electron chi connectivity index (χ0n) is 20.7. The number of aryl methyl sites for hydroxylation is 1. The van der Waals surface area contributed by atoms with Crippen molar-refractivity contribution in [2.45, 2.75) is 45.7 Å². The molecule has 0 saturated carbocycles. The third kappa shape index (κ3) is 4.56. The number of Topliss-reactive ketones (excluding diaryl/α,β-unsaturated/α-hetero) is 1. The Balaban J connectivity index is 1.91. The number of ketones is 1. The topological polar surface area (TPSA) is 79.7 Å². The van der Waals surface area contributed by atoms with Crippen molar-refractivity contribution in [2.24, 2.45) is 0 Å². The van der Waals surface area contributed by atoms with Gasteiger partial charge in [-0.15, -0.1) is 0 Å². The summed E-state index contributed by atoms with van der Waals surface area (Å²) < 4.78 is 5.53. The Bertz CT molecular complexity index is 1310. The van der Waals surface area contributed by atoms with Crippen LogP contribution in [-0.2, 0) is 21.5 Å². The van der Waals surface area contributed by atoms with Crippen LogP contribution in [0.25, 0.3) is 5.76 Å². The molecule has 1 atom stereocenters. The number of aromatic nitrogens is 1. The molecule has 1 saturated heterocycles. The average molecular weight is 471 g/mol. The lowest BCUT2D eigenvalue weighted by atomic mass is 9.84. The summed E-state index contributed by atoms with van der Waals surface area (Å²) in [5.74, 6) is -0.830. The first-order valence-corrected chi connectivity index (χ1v) is 11.5. The standard InChI is InChI=1S/C29H30N2O4/c1-18-8-6-7-9-21(18)25-24(27(33)28(34)31(25)17-19-12-14-30-15-13-19)26(32)20-10-11-23(35-5)22(16-20)29(2,3)4/h6-16,25,32H,17H2,1-5H3/b26-24+. The molecule has 1 aliphatic heterocycles. The Morgan fingerprint density at radius 3 is 2.37 bits per heavy atom. The number of pyridine rings is 1. The Morgan fingerprint density at radius 2 is 1.74 bits per heavy atom. The second-order valence-electron chi connectivity index (χ2n) is 9.80. The number of benzene rings is 2. The summed E-state index contributed by atoms with van der Waals surface area (Å²) in [6, 6.07) is 15.9. The minimum atomic E-state index is -0.718. The van der Waals surface area contributed by atoms with Crippen LogP contribution in [0, 0.1) is 6.92 Å². The molecule has 1 amide bonds. The van der Waals surface area contributed by atoms with E-state index in [4.69, 9.17) is 4.74 Å². The van der Waals surface area contributed by atoms with Crippen molar-refractivity contribution in [1.82, 2.24) is 9.88 Å². The Morgan fingerprint density at radius 1 is 1.06 bits per heavy atom. The largest absolute Gasteiger partial charge is 0.507 e. The molecule has 4 rings (SSSR count). The molecule has 0 aliphatic carbocycles. The van der Waals surface area contributed by atoms with Gasteiger partial charge >= 0.3 is 0 Å². The first kappa shape index (κ1) is 24.2. The maximum atomic E-state index is 13.4. The second-order valence-corrected chi connectivity index (χ2v) is 9.80. The highest BCUT2D eigenvalue weighted by molar-refractivity contribution is 6.46. The molecular weight excluding hydrogens is 440 g/mol. The lowest BCUT2D eigenvalue weighted by Crippen LogP contribution is -2.29. The summed E-state index contributed by atoms with van der Waals surface area (Å²) in [7, 11) is 1.60. The highest BCUT2D eigenvalue weighted by Gasteiger charge is 2.46. The predicted octanol–water partition coefficient (Wildman–Crippen LogP) is 5.32. The van der Waals surface area contributed by atoms with Crippen LogP contribution in [0.3, 0.4) is 0 Å². The Labute approximate surface area is 205 Å². The van der Waals surface area contributed by atoms with E-state index in [9.17, 15) is 14.7 Å². The summed E-state index contributed by atoms with van der Waals surface area (Å²) in [5, 5.41) is 11.5. The molecule has 35 heavy (non-hydrogen) atoms. The molecule has 3 aromatic rings. The number of hydrogen-bond acceptors (Lipinski definition) is 5. The maximum absolute atomic E-state index is 13.4. The minimum absolute atomic E-state index is 0.0865. The zero-order chi connectivity index (χ0) is 25.3. The van der Waals surface area contributed by atoms with E-state index in [-0.39, 0.29) is 23.3 Å². The number of amides is 1. The molecule has 1 fully saturated rings. The zero-order valence-corrected chi connectivity index (χ0v) is 20.7. The van der Waals surface area contributed by atoms with E-state index >= 15 is 0 Å². The lowest BCUT2D eigenvalue weighted by molar-refractivity contribution is -0.140. The number of aliphatic hydroxyl groups excluding tert-OH is 1. The molecule has 180 valence electrons. The van der Waals surface area contributed by atoms with E-state index in [1.807, 2.05) is 49.4 Å². The molecule has 1 aliphatic rings. The SMILES string of the molecule is COc1ccc(/C(O)=C2\C(=O)C(=O)N(Cc3ccncc3)C2c2ccccc2C)cc1C(C)(C)C. The normalized spacial score (nSPS) is 17.6. The van der Waals surface area contributed by atoms with Crippen molar-refractivity contribution < 1.29 is 19.4 Å². The molecule has 2 aromatic carbocycles. The quantitative estimate of drug-likeness (QED) is 0.310. The van der Waals surface area contributed by atoms with Crippen molar-refractivity contribution >= 4 is 17.4 Å². The number of nitrogens with zero attached hydrogens (tertiary/aromatic N) is 2. The van der Waals surface area contributed by atoms with E-state index in [0.717, 1.165) is 22.3 Å². The van der Waals surface area contributed by atoms with Crippen molar-refractivity contribution in [3.63, 3.8) is 0 Å². The maximum Gasteiger partial charge on any atom is 0.295 e. The third-order valence-electron chi connectivity index (χ3n) is 6.41. The number of ether oxygens (including phenoxy) is 1. The number of rotatable bonds is 5. The summed E-state index contributed by atoms with van der Waals surface area (Å²) in [5.41, 5.74) is 3.76. The Hall–Kier alpha value is -3.93. The fourth-order valence-electron chi connectivity index (χ4n) is 4.54. The summed E-state index contributed by atoms with van der Waals surface area (Å²) in [6.45, 7) is 8.31. The number of hydrogen-bond donors (Lipinski definition) is 1. The van der Waals surface area contributed by atoms with Gasteiger partial charge in [-0.1, -0.05) is 45.0 Å². The van der Waals surface area contributed by atoms with Crippen LogP contribution < -0.4 is 4.74 Å². The number of likely N-dealkylation sites (tertiary alicyclic amines) is 1. The first-order chi connectivity index (χ1) is 16.6. The molecular formula is C29H30N2O4. The fourth-order valence-corrected chi connectivity index (χ4v) is 4.54. The number of carbonyl (C=O) groups is 2. The second kappa shape index (κ2) is 9.37. The van der Waals surface area contributed by atoms with Gasteiger partial charge in [-0.3, -0.25) is 14.6 Å². The van der Waals surface area contributed by atoms with Crippen LogP contribution in [0.15, 0.2) is 72.6 Å². The van der Waals surface area contributed by atoms with Crippen molar-refractivity contribution in [1.29, 1.82) is 0 Å². The summed E-state index contributed by atoms with van der Waals surface area (Å²) in [4.78, 5) is 32.2. The van der Waals surface area contributed by atoms with Gasteiger partial charge in [-0.2, -0.15) is 0 Å². The van der Waals surface area contributed by atoms with Crippen molar-refractivity contribution in [3.05, 3.63) is 100 Å². The number of methoxy groups -OCH3 is 1. The van der Waals surface area contributed by atoms with Gasteiger partial charge in [-0.25, -0.2) is 0 Å². The highest BCUT2D eigenvalue weighted by atomic mass is 16.5. The fraction of sp³-hybridized carbons (Fsp3) is 0.276. The van der Waals surface area contributed by atoms with E-state index in [1.54, 1.807) is 31.6 Å². The van der Waals surface area contributed by atoms with Gasteiger partial charge in [0.15, 0.2) is 0 Å². The van der Waals surface area contributed by atoms with Gasteiger partial charge in [0.1, 0.15) is 11.5 Å². The van der Waals surface area contributed by atoms with Gasteiger partial charge in [0.05, 0.1) is 18.7 Å². The molecule has 0 radical (unpaired) electrons. The van der Waals surface area contributed by atoms with Gasteiger partial charge in [0, 0.05) is 30.1 Å². The minimum Gasteiger partial charge on any atom is -0.507 e. The number of carbonyl (C=O) groups excluding carboxylic acids is 2. The average Bonchev–Trinajstić information content (AvgIpc) is 3.08. The smallest absolute Gasteiger partial charge is 0.295 e. The molecule has 0 spiro atoms. The summed E-state index contributed by atoms with van der Waals surface area (Å²) in [6.07, 6.45) is 3.31.